The Bertz CT molecular complexity index is 847. The molecule has 4 nitrogen and oxygen atoms in total. The van der Waals surface area contributed by atoms with Gasteiger partial charge in [-0.05, 0) is 68.1 Å². The van der Waals surface area contributed by atoms with Gasteiger partial charge in [-0.25, -0.2) is 0 Å². The second kappa shape index (κ2) is 6.92. The molecule has 1 aliphatic heterocycles. The Kier molecular flexibility index (Phi) is 4.86. The molecule has 0 unspecified atom stereocenters. The quantitative estimate of drug-likeness (QED) is 0.659. The number of rotatable bonds is 4. The van der Waals surface area contributed by atoms with Crippen LogP contribution in [0.2, 0.25) is 0 Å². The molecular formula is C20H21NO3S. The van der Waals surface area contributed by atoms with Crippen molar-refractivity contribution < 1.29 is 14.3 Å². The van der Waals surface area contributed by atoms with Gasteiger partial charge in [-0.1, -0.05) is 6.07 Å². The number of thioether (sulfide) groups is 1. The van der Waals surface area contributed by atoms with Gasteiger partial charge in [0.05, 0.1) is 11.4 Å². The highest BCUT2D eigenvalue weighted by atomic mass is 32.2. The third-order valence-electron chi connectivity index (χ3n) is 4.58. The summed E-state index contributed by atoms with van der Waals surface area (Å²) in [6, 6.07) is 7.36. The fourth-order valence-electron chi connectivity index (χ4n) is 2.87. The van der Waals surface area contributed by atoms with E-state index in [0.29, 0.717) is 22.8 Å². The van der Waals surface area contributed by atoms with Gasteiger partial charge in [0.25, 0.3) is 5.91 Å². The van der Waals surface area contributed by atoms with E-state index >= 15 is 0 Å². The Balaban J connectivity index is 1.78. The average molecular weight is 355 g/mol. The van der Waals surface area contributed by atoms with Gasteiger partial charge in [-0.3, -0.25) is 9.59 Å². The molecule has 1 N–H and O–H groups in total. The van der Waals surface area contributed by atoms with E-state index in [1.165, 1.54) is 27.1 Å². The summed E-state index contributed by atoms with van der Waals surface area (Å²) in [5.41, 5.74) is 6.08. The predicted molar refractivity (Wildman–Crippen MR) is 101 cm³/mol. The minimum absolute atomic E-state index is 0.0153. The molecule has 2 aromatic rings. The van der Waals surface area contributed by atoms with Crippen molar-refractivity contribution in [2.75, 3.05) is 17.7 Å². The van der Waals surface area contributed by atoms with Gasteiger partial charge < -0.3 is 10.1 Å². The molecular weight excluding hydrogens is 334 g/mol. The SMILES string of the molecule is Cc1cc(C)c(C)c(SCC(=O)c2ccc3c(c2)NC(=O)CO3)c1C. The zero-order chi connectivity index (χ0) is 18.1. The smallest absolute Gasteiger partial charge is 0.262 e. The van der Waals surface area contributed by atoms with Crippen LogP contribution in [0.25, 0.3) is 0 Å². The molecule has 5 heteroatoms. The number of ketones is 1. The van der Waals surface area contributed by atoms with Crippen LogP contribution < -0.4 is 10.1 Å². The molecule has 130 valence electrons. The van der Waals surface area contributed by atoms with Gasteiger partial charge in [0.15, 0.2) is 12.4 Å². The third kappa shape index (κ3) is 3.56. The zero-order valence-corrected chi connectivity index (χ0v) is 15.7. The number of carbonyl (C=O) groups excluding carboxylic acids is 2. The van der Waals surface area contributed by atoms with Crippen LogP contribution in [0.3, 0.4) is 0 Å². The van der Waals surface area contributed by atoms with Gasteiger partial charge in [0, 0.05) is 10.5 Å². The van der Waals surface area contributed by atoms with Crippen molar-refractivity contribution in [2.24, 2.45) is 0 Å². The van der Waals surface area contributed by atoms with Crippen molar-refractivity contribution in [3.63, 3.8) is 0 Å². The number of fused-ring (bicyclic) bond motifs is 1. The maximum atomic E-state index is 12.6. The fraction of sp³-hybridized carbons (Fsp3) is 0.300. The molecule has 0 radical (unpaired) electrons. The lowest BCUT2D eigenvalue weighted by Crippen LogP contribution is -2.25. The molecule has 1 aliphatic rings. The summed E-state index contributed by atoms with van der Waals surface area (Å²) in [5, 5.41) is 2.74. The summed E-state index contributed by atoms with van der Waals surface area (Å²) in [6.45, 7) is 8.40. The lowest BCUT2D eigenvalue weighted by Gasteiger charge is -2.18. The van der Waals surface area contributed by atoms with Crippen LogP contribution in [0.4, 0.5) is 5.69 Å². The molecule has 0 aliphatic carbocycles. The summed E-state index contributed by atoms with van der Waals surface area (Å²) in [6.07, 6.45) is 0. The monoisotopic (exact) mass is 355 g/mol. The highest BCUT2D eigenvalue weighted by Gasteiger charge is 2.18. The summed E-state index contributed by atoms with van der Waals surface area (Å²) in [4.78, 5) is 25.2. The van der Waals surface area contributed by atoms with E-state index in [4.69, 9.17) is 4.74 Å². The zero-order valence-electron chi connectivity index (χ0n) is 14.9. The van der Waals surface area contributed by atoms with Crippen molar-refractivity contribution in [1.29, 1.82) is 0 Å². The molecule has 2 aromatic carbocycles. The first kappa shape index (κ1) is 17.5. The largest absolute Gasteiger partial charge is 0.482 e. The minimum Gasteiger partial charge on any atom is -0.482 e. The first-order valence-electron chi connectivity index (χ1n) is 8.17. The number of carbonyl (C=O) groups is 2. The highest BCUT2D eigenvalue weighted by molar-refractivity contribution is 8.00. The van der Waals surface area contributed by atoms with Crippen LogP contribution in [-0.4, -0.2) is 24.1 Å². The van der Waals surface area contributed by atoms with Gasteiger partial charge in [0.2, 0.25) is 0 Å². The summed E-state index contributed by atoms with van der Waals surface area (Å²) >= 11 is 1.57. The number of hydrogen-bond acceptors (Lipinski definition) is 4. The molecule has 0 saturated heterocycles. The number of nitrogens with one attached hydrogen (secondary N) is 1. The lowest BCUT2D eigenvalue weighted by atomic mass is 10.0. The standard InChI is InChI=1S/C20H21NO3S/c1-11-7-12(2)14(4)20(13(11)3)25-10-17(22)15-5-6-18-16(8-15)21-19(23)9-24-18/h5-8H,9-10H2,1-4H3,(H,21,23). The third-order valence-corrected chi connectivity index (χ3v) is 5.89. The van der Waals surface area contributed by atoms with E-state index < -0.39 is 0 Å². The van der Waals surface area contributed by atoms with Crippen molar-refractivity contribution in [3.8, 4) is 5.75 Å². The normalized spacial score (nSPS) is 13.0. The van der Waals surface area contributed by atoms with Crippen LogP contribution in [0.15, 0.2) is 29.2 Å². The van der Waals surface area contributed by atoms with Crippen LogP contribution >= 0.6 is 11.8 Å². The number of ether oxygens (including phenoxy) is 1. The number of anilines is 1. The second-order valence-corrected chi connectivity index (χ2v) is 7.33. The molecule has 0 saturated carbocycles. The first-order valence-corrected chi connectivity index (χ1v) is 9.15. The van der Waals surface area contributed by atoms with Crippen molar-refractivity contribution in [3.05, 3.63) is 52.1 Å². The van der Waals surface area contributed by atoms with Crippen molar-refractivity contribution in [1.82, 2.24) is 0 Å². The Morgan fingerprint density at radius 3 is 2.48 bits per heavy atom. The van der Waals surface area contributed by atoms with Gasteiger partial charge in [0.1, 0.15) is 5.75 Å². The number of Topliss-reactive ketones (excluding diaryl/α,β-unsaturated/α-hetero) is 1. The number of hydrogen-bond donors (Lipinski definition) is 1. The highest BCUT2D eigenvalue weighted by Crippen LogP contribution is 2.32. The van der Waals surface area contributed by atoms with E-state index in [1.807, 2.05) is 0 Å². The van der Waals surface area contributed by atoms with Crippen LogP contribution in [-0.2, 0) is 4.79 Å². The second-order valence-electron chi connectivity index (χ2n) is 6.35. The summed E-state index contributed by atoms with van der Waals surface area (Å²) in [7, 11) is 0. The van der Waals surface area contributed by atoms with Crippen LogP contribution in [0.1, 0.15) is 32.6 Å². The van der Waals surface area contributed by atoms with E-state index in [-0.39, 0.29) is 18.3 Å². The van der Waals surface area contributed by atoms with Crippen LogP contribution in [0, 0.1) is 27.7 Å². The van der Waals surface area contributed by atoms with Crippen molar-refractivity contribution in [2.45, 2.75) is 32.6 Å². The number of aryl methyl sites for hydroxylation is 2. The first-order chi connectivity index (χ1) is 11.9. The topological polar surface area (TPSA) is 55.4 Å². The minimum atomic E-state index is -0.201. The molecule has 1 amide bonds. The van der Waals surface area contributed by atoms with Crippen LogP contribution in [0.5, 0.6) is 5.75 Å². The fourth-order valence-corrected chi connectivity index (χ4v) is 4.07. The van der Waals surface area contributed by atoms with E-state index in [2.05, 4.69) is 39.1 Å². The molecule has 1 heterocycles. The molecule has 3 rings (SSSR count). The van der Waals surface area contributed by atoms with E-state index in [1.54, 1.807) is 30.0 Å². The Morgan fingerprint density at radius 1 is 1.12 bits per heavy atom. The predicted octanol–water partition coefficient (Wildman–Crippen LogP) is 4.23. The molecule has 0 fully saturated rings. The summed E-state index contributed by atoms with van der Waals surface area (Å²) < 4.78 is 5.33. The lowest BCUT2D eigenvalue weighted by molar-refractivity contribution is -0.118. The number of amides is 1. The van der Waals surface area contributed by atoms with Gasteiger partial charge in [-0.2, -0.15) is 0 Å². The summed E-state index contributed by atoms with van der Waals surface area (Å²) in [5.74, 6) is 0.793. The van der Waals surface area contributed by atoms with Gasteiger partial charge >= 0.3 is 0 Å². The molecule has 0 bridgehead atoms. The molecule has 0 aromatic heterocycles. The Labute approximate surface area is 152 Å². The Hall–Kier alpha value is -2.27. The maximum Gasteiger partial charge on any atom is 0.262 e. The molecule has 0 spiro atoms. The van der Waals surface area contributed by atoms with Crippen molar-refractivity contribution >= 4 is 29.1 Å². The maximum absolute atomic E-state index is 12.6. The molecule has 0 atom stereocenters. The number of benzene rings is 2. The van der Waals surface area contributed by atoms with E-state index in [0.717, 1.165) is 0 Å². The molecule has 25 heavy (non-hydrogen) atoms. The van der Waals surface area contributed by atoms with E-state index in [9.17, 15) is 9.59 Å². The average Bonchev–Trinajstić information content (AvgIpc) is 2.59. The Morgan fingerprint density at radius 2 is 1.80 bits per heavy atom. The van der Waals surface area contributed by atoms with Gasteiger partial charge in [-0.15, -0.1) is 11.8 Å².